The van der Waals surface area contributed by atoms with Gasteiger partial charge >= 0.3 is 0 Å². The van der Waals surface area contributed by atoms with Gasteiger partial charge in [0.05, 0.1) is 0 Å². The minimum atomic E-state index is -0.197. The van der Waals surface area contributed by atoms with Crippen molar-refractivity contribution >= 4 is 5.91 Å². The van der Waals surface area contributed by atoms with Gasteiger partial charge in [-0.2, -0.15) is 0 Å². The van der Waals surface area contributed by atoms with E-state index in [1.165, 1.54) is 0 Å². The minimum Gasteiger partial charge on any atom is -0.484 e. The number of amides is 1. The number of nitrogens with one attached hydrogen (secondary N) is 1. The van der Waals surface area contributed by atoms with Crippen molar-refractivity contribution in [3.63, 3.8) is 0 Å². The lowest BCUT2D eigenvalue weighted by Gasteiger charge is -2.24. The van der Waals surface area contributed by atoms with E-state index in [0.29, 0.717) is 5.75 Å². The molecule has 4 nitrogen and oxygen atoms in total. The highest BCUT2D eigenvalue weighted by atomic mass is 16.5. The average molecular weight is 278 g/mol. The van der Waals surface area contributed by atoms with Crippen molar-refractivity contribution in [2.24, 2.45) is 5.73 Å². The Balaban J connectivity index is 2.51. The van der Waals surface area contributed by atoms with E-state index in [9.17, 15) is 4.79 Å². The van der Waals surface area contributed by atoms with Crippen molar-refractivity contribution in [1.29, 1.82) is 0 Å². The van der Waals surface area contributed by atoms with E-state index in [1.807, 2.05) is 52.0 Å². The molecule has 0 radical (unpaired) electrons. The molecule has 0 aliphatic carbocycles. The number of hydrogen-bond donors (Lipinski definition) is 2. The fourth-order valence-corrected chi connectivity index (χ4v) is 1.78. The van der Waals surface area contributed by atoms with Gasteiger partial charge in [-0.15, -0.1) is 0 Å². The predicted molar refractivity (Wildman–Crippen MR) is 81.8 cm³/mol. The molecule has 1 amide bonds. The molecule has 4 heteroatoms. The van der Waals surface area contributed by atoms with Crippen molar-refractivity contribution in [3.8, 4) is 5.75 Å². The zero-order valence-corrected chi connectivity index (χ0v) is 12.9. The molecule has 1 aromatic carbocycles. The molecule has 0 aliphatic rings. The van der Waals surface area contributed by atoms with Crippen molar-refractivity contribution in [1.82, 2.24) is 5.32 Å². The van der Waals surface area contributed by atoms with Crippen LogP contribution in [0.1, 0.15) is 39.7 Å². The lowest BCUT2D eigenvalue weighted by Crippen LogP contribution is -2.44. The normalized spacial score (nSPS) is 12.8. The van der Waals surface area contributed by atoms with Gasteiger partial charge in [-0.05, 0) is 51.3 Å². The summed E-state index contributed by atoms with van der Waals surface area (Å²) in [5.41, 5.74) is 6.70. The zero-order valence-electron chi connectivity index (χ0n) is 12.9. The molecule has 1 atom stereocenters. The molecule has 1 aromatic rings. The molecule has 1 unspecified atom stereocenters. The van der Waals surface area contributed by atoms with Crippen LogP contribution in [0, 0.1) is 0 Å². The molecule has 1 rings (SSSR count). The van der Waals surface area contributed by atoms with Crippen LogP contribution in [-0.4, -0.2) is 24.1 Å². The third-order valence-corrected chi connectivity index (χ3v) is 3.19. The van der Waals surface area contributed by atoms with E-state index < -0.39 is 0 Å². The van der Waals surface area contributed by atoms with E-state index in [-0.39, 0.29) is 24.1 Å². The van der Waals surface area contributed by atoms with E-state index in [2.05, 4.69) is 5.32 Å². The number of ether oxygens (including phenoxy) is 1. The maximum Gasteiger partial charge on any atom is 0.258 e. The van der Waals surface area contributed by atoms with E-state index in [0.717, 1.165) is 18.4 Å². The first-order valence-corrected chi connectivity index (χ1v) is 7.10. The van der Waals surface area contributed by atoms with Crippen molar-refractivity contribution in [2.75, 3.05) is 6.61 Å². The van der Waals surface area contributed by atoms with Crippen molar-refractivity contribution in [3.05, 3.63) is 29.8 Å². The summed E-state index contributed by atoms with van der Waals surface area (Å²) in [5.74, 6) is 0.599. The summed E-state index contributed by atoms with van der Waals surface area (Å²) in [6.07, 6.45) is 1.68. The van der Waals surface area contributed by atoms with Crippen LogP contribution in [0.2, 0.25) is 0 Å². The van der Waals surface area contributed by atoms with Crippen molar-refractivity contribution < 1.29 is 9.53 Å². The number of hydrogen-bond acceptors (Lipinski definition) is 3. The van der Waals surface area contributed by atoms with Crippen LogP contribution in [-0.2, 0) is 11.2 Å². The summed E-state index contributed by atoms with van der Waals surface area (Å²) >= 11 is 0. The van der Waals surface area contributed by atoms with Gasteiger partial charge in [0.15, 0.2) is 6.61 Å². The molecule has 0 saturated heterocycles. The summed E-state index contributed by atoms with van der Waals surface area (Å²) in [4.78, 5) is 11.8. The van der Waals surface area contributed by atoms with Crippen LogP contribution in [0.4, 0.5) is 0 Å². The first kappa shape index (κ1) is 16.5. The first-order valence-electron chi connectivity index (χ1n) is 7.10. The highest BCUT2D eigenvalue weighted by molar-refractivity contribution is 5.78. The molecule has 112 valence electrons. The minimum absolute atomic E-state index is 0.0328. The Morgan fingerprint density at radius 3 is 2.75 bits per heavy atom. The highest BCUT2D eigenvalue weighted by Crippen LogP contribution is 2.14. The van der Waals surface area contributed by atoms with Crippen molar-refractivity contribution in [2.45, 2.75) is 52.1 Å². The average Bonchev–Trinajstić information content (AvgIpc) is 2.35. The van der Waals surface area contributed by atoms with Gasteiger partial charge in [-0.25, -0.2) is 0 Å². The largest absolute Gasteiger partial charge is 0.484 e. The lowest BCUT2D eigenvalue weighted by atomic mass is 10.0. The second-order valence-electron chi connectivity index (χ2n) is 5.90. The number of carbonyl (C=O) groups excluding carboxylic acids is 1. The van der Waals surface area contributed by atoms with Gasteiger partial charge in [-0.3, -0.25) is 4.79 Å². The molecule has 0 aliphatic heterocycles. The maximum atomic E-state index is 11.8. The molecule has 0 aromatic heterocycles. The Labute approximate surface area is 121 Å². The topological polar surface area (TPSA) is 64.3 Å². The molecule has 0 heterocycles. The molecule has 0 bridgehead atoms. The summed E-state index contributed by atoms with van der Waals surface area (Å²) in [6.45, 7) is 8.03. The molecule has 0 saturated carbocycles. The van der Waals surface area contributed by atoms with Gasteiger partial charge in [0.2, 0.25) is 0 Å². The van der Waals surface area contributed by atoms with E-state index >= 15 is 0 Å². The third-order valence-electron chi connectivity index (χ3n) is 3.19. The molecular weight excluding hydrogens is 252 g/mol. The quantitative estimate of drug-likeness (QED) is 0.804. The van der Waals surface area contributed by atoms with E-state index in [4.69, 9.17) is 10.5 Å². The van der Waals surface area contributed by atoms with Crippen LogP contribution in [0.15, 0.2) is 24.3 Å². The first-order chi connectivity index (χ1) is 9.32. The number of nitrogens with two attached hydrogens (primary N) is 1. The molecule has 3 N–H and O–H groups in total. The smallest absolute Gasteiger partial charge is 0.258 e. The number of carbonyl (C=O) groups is 1. The van der Waals surface area contributed by atoms with Gasteiger partial charge in [-0.1, -0.05) is 19.1 Å². The number of benzene rings is 1. The Morgan fingerprint density at radius 2 is 2.15 bits per heavy atom. The molecule has 0 spiro atoms. The summed E-state index contributed by atoms with van der Waals surface area (Å²) in [7, 11) is 0. The molecule has 20 heavy (non-hydrogen) atoms. The third kappa shape index (κ3) is 6.06. The van der Waals surface area contributed by atoms with Crippen LogP contribution in [0.3, 0.4) is 0 Å². The van der Waals surface area contributed by atoms with Gasteiger partial charge < -0.3 is 15.8 Å². The highest BCUT2D eigenvalue weighted by Gasteiger charge is 2.17. The van der Waals surface area contributed by atoms with E-state index in [1.54, 1.807) is 0 Å². The van der Waals surface area contributed by atoms with Crippen LogP contribution in [0.25, 0.3) is 0 Å². The fourth-order valence-electron chi connectivity index (χ4n) is 1.78. The predicted octanol–water partition coefficient (Wildman–Crippen LogP) is 2.26. The van der Waals surface area contributed by atoms with Gasteiger partial charge in [0.1, 0.15) is 5.75 Å². The summed E-state index contributed by atoms with van der Waals surface area (Å²) in [6, 6.07) is 7.82. The van der Waals surface area contributed by atoms with Gasteiger partial charge in [0, 0.05) is 11.6 Å². The number of rotatable bonds is 7. The fraction of sp³-hybridized carbons (Fsp3) is 0.562. The van der Waals surface area contributed by atoms with Crippen LogP contribution in [0.5, 0.6) is 5.75 Å². The summed E-state index contributed by atoms with van der Waals surface area (Å²) < 4.78 is 5.53. The van der Waals surface area contributed by atoms with Gasteiger partial charge in [0.25, 0.3) is 5.91 Å². The molecular formula is C16H26N2O2. The molecule has 0 fully saturated rings. The Bertz CT molecular complexity index is 442. The second-order valence-corrected chi connectivity index (χ2v) is 5.90. The monoisotopic (exact) mass is 278 g/mol. The lowest BCUT2D eigenvalue weighted by molar-refractivity contribution is -0.124. The van der Waals surface area contributed by atoms with Crippen LogP contribution >= 0.6 is 0 Å². The second kappa shape index (κ2) is 7.29. The zero-order chi connectivity index (χ0) is 15.2. The SMILES string of the molecule is CCC(C)(C)NC(=O)COc1cccc(CC(C)N)c1. The Kier molecular flexibility index (Phi) is 6.02. The summed E-state index contributed by atoms with van der Waals surface area (Å²) in [5, 5.41) is 2.94. The standard InChI is InChI=1S/C16H26N2O2/c1-5-16(3,4)18-15(19)11-20-14-8-6-7-13(10-14)9-12(2)17/h6-8,10,12H,5,9,11,17H2,1-4H3,(H,18,19). The maximum absolute atomic E-state index is 11.8. The Hall–Kier alpha value is -1.55. The Morgan fingerprint density at radius 1 is 1.45 bits per heavy atom. The van der Waals surface area contributed by atoms with Crippen LogP contribution < -0.4 is 15.8 Å².